The Balaban J connectivity index is 4.28. The second-order valence-corrected chi connectivity index (χ2v) is 19.9. The standard InChI is InChI=1S/C56H108O6/c1-6-8-9-10-11-12-13-16-21-28-33-38-43-48-56(59)62-53(50-61-55(58)47-42-37-32-27-23-22-24-29-34-39-44-51(3)4)49-60-54(57)46-41-36-31-26-20-18-15-14-17-19-25-30-35-40-45-52(5)7-2/h51-53H,6-50H2,1-5H3/t52?,53-/m1/s1. The van der Waals surface area contributed by atoms with E-state index in [0.717, 1.165) is 69.6 Å². The molecule has 0 rings (SSSR count). The molecule has 0 saturated carbocycles. The van der Waals surface area contributed by atoms with Crippen molar-refractivity contribution in [2.75, 3.05) is 13.2 Å². The van der Waals surface area contributed by atoms with Gasteiger partial charge in [-0.05, 0) is 31.1 Å². The summed E-state index contributed by atoms with van der Waals surface area (Å²) in [6.07, 6.45) is 50.8. The molecular formula is C56H108O6. The zero-order valence-corrected chi connectivity index (χ0v) is 42.5. The average Bonchev–Trinajstić information content (AvgIpc) is 3.26. The van der Waals surface area contributed by atoms with E-state index in [1.807, 2.05) is 0 Å². The van der Waals surface area contributed by atoms with Gasteiger partial charge in [-0.15, -0.1) is 0 Å². The lowest BCUT2D eigenvalue weighted by Crippen LogP contribution is -2.30. The first-order chi connectivity index (χ1) is 30.3. The second-order valence-electron chi connectivity index (χ2n) is 19.9. The van der Waals surface area contributed by atoms with E-state index in [1.54, 1.807) is 0 Å². The Kier molecular flexibility index (Phi) is 47.6. The maximum atomic E-state index is 12.8. The second kappa shape index (κ2) is 48.9. The lowest BCUT2D eigenvalue weighted by atomic mass is 9.99. The molecule has 368 valence electrons. The van der Waals surface area contributed by atoms with Crippen molar-refractivity contribution in [3.63, 3.8) is 0 Å². The van der Waals surface area contributed by atoms with E-state index in [9.17, 15) is 14.4 Å². The van der Waals surface area contributed by atoms with Crippen LogP contribution in [0.3, 0.4) is 0 Å². The molecule has 0 spiro atoms. The topological polar surface area (TPSA) is 78.9 Å². The highest BCUT2D eigenvalue weighted by molar-refractivity contribution is 5.71. The Morgan fingerprint density at radius 1 is 0.339 bits per heavy atom. The molecule has 0 aromatic heterocycles. The number of hydrogen-bond donors (Lipinski definition) is 0. The van der Waals surface area contributed by atoms with Gasteiger partial charge >= 0.3 is 17.9 Å². The molecule has 0 fully saturated rings. The van der Waals surface area contributed by atoms with Gasteiger partial charge in [-0.25, -0.2) is 0 Å². The van der Waals surface area contributed by atoms with Crippen LogP contribution in [0.1, 0.15) is 311 Å². The summed E-state index contributed by atoms with van der Waals surface area (Å²) in [4.78, 5) is 38.0. The Morgan fingerprint density at radius 3 is 0.919 bits per heavy atom. The quantitative estimate of drug-likeness (QED) is 0.0344. The number of hydrogen-bond acceptors (Lipinski definition) is 6. The van der Waals surface area contributed by atoms with Gasteiger partial charge in [0.05, 0.1) is 0 Å². The van der Waals surface area contributed by atoms with Gasteiger partial charge in [0.15, 0.2) is 6.10 Å². The van der Waals surface area contributed by atoms with E-state index in [1.165, 1.54) is 199 Å². The number of carbonyl (C=O) groups is 3. The summed E-state index contributed by atoms with van der Waals surface area (Å²) in [7, 11) is 0. The number of carbonyl (C=O) groups excluding carboxylic acids is 3. The maximum absolute atomic E-state index is 12.8. The Hall–Kier alpha value is -1.59. The molecule has 0 amide bonds. The van der Waals surface area contributed by atoms with Crippen molar-refractivity contribution >= 4 is 17.9 Å². The lowest BCUT2D eigenvalue weighted by molar-refractivity contribution is -0.167. The van der Waals surface area contributed by atoms with Gasteiger partial charge in [0.25, 0.3) is 0 Å². The minimum absolute atomic E-state index is 0.0631. The van der Waals surface area contributed by atoms with Crippen LogP contribution in [-0.2, 0) is 28.6 Å². The molecule has 6 nitrogen and oxygen atoms in total. The predicted molar refractivity (Wildman–Crippen MR) is 266 cm³/mol. The average molecular weight is 877 g/mol. The van der Waals surface area contributed by atoms with Crippen molar-refractivity contribution in [3.05, 3.63) is 0 Å². The summed E-state index contributed by atoms with van der Waals surface area (Å²) in [5.74, 6) is 0.871. The van der Waals surface area contributed by atoms with Crippen LogP contribution in [0.4, 0.5) is 0 Å². The van der Waals surface area contributed by atoms with Crippen molar-refractivity contribution < 1.29 is 28.6 Å². The van der Waals surface area contributed by atoms with Crippen LogP contribution in [0.5, 0.6) is 0 Å². The van der Waals surface area contributed by atoms with Crippen LogP contribution >= 0.6 is 0 Å². The molecule has 0 aliphatic rings. The van der Waals surface area contributed by atoms with Crippen LogP contribution in [0, 0.1) is 11.8 Å². The minimum atomic E-state index is -0.762. The Labute approximate surface area is 387 Å². The normalized spacial score (nSPS) is 12.5. The largest absolute Gasteiger partial charge is 0.462 e. The van der Waals surface area contributed by atoms with Crippen molar-refractivity contribution in [1.29, 1.82) is 0 Å². The van der Waals surface area contributed by atoms with Gasteiger partial charge in [-0.1, -0.05) is 272 Å². The van der Waals surface area contributed by atoms with E-state index in [-0.39, 0.29) is 31.1 Å². The molecule has 6 heteroatoms. The number of esters is 3. The van der Waals surface area contributed by atoms with Crippen LogP contribution in [0.2, 0.25) is 0 Å². The van der Waals surface area contributed by atoms with E-state index in [2.05, 4.69) is 34.6 Å². The molecule has 0 bridgehead atoms. The summed E-state index contributed by atoms with van der Waals surface area (Å²) >= 11 is 0. The third kappa shape index (κ3) is 47.9. The van der Waals surface area contributed by atoms with Gasteiger partial charge in [-0.2, -0.15) is 0 Å². The molecular weight excluding hydrogens is 769 g/mol. The molecule has 0 aromatic carbocycles. The molecule has 1 unspecified atom stereocenters. The van der Waals surface area contributed by atoms with Gasteiger partial charge in [0.2, 0.25) is 0 Å². The Morgan fingerprint density at radius 2 is 0.613 bits per heavy atom. The lowest BCUT2D eigenvalue weighted by Gasteiger charge is -2.18. The SMILES string of the molecule is CCCCCCCCCCCCCCCC(=O)O[C@H](COC(=O)CCCCCCCCCCCCCCCCC(C)CC)COC(=O)CCCCCCCCCCCCC(C)C. The molecule has 62 heavy (non-hydrogen) atoms. The minimum Gasteiger partial charge on any atom is -0.462 e. The van der Waals surface area contributed by atoms with Crippen molar-refractivity contribution in [1.82, 2.24) is 0 Å². The van der Waals surface area contributed by atoms with Crippen LogP contribution in [0.25, 0.3) is 0 Å². The molecule has 2 atom stereocenters. The van der Waals surface area contributed by atoms with Gasteiger partial charge < -0.3 is 14.2 Å². The maximum Gasteiger partial charge on any atom is 0.306 e. The van der Waals surface area contributed by atoms with E-state index < -0.39 is 6.10 Å². The van der Waals surface area contributed by atoms with Crippen LogP contribution < -0.4 is 0 Å². The third-order valence-corrected chi connectivity index (χ3v) is 13.1. The fraction of sp³-hybridized carbons (Fsp3) is 0.946. The van der Waals surface area contributed by atoms with Crippen molar-refractivity contribution in [2.45, 2.75) is 317 Å². The van der Waals surface area contributed by atoms with E-state index in [0.29, 0.717) is 19.3 Å². The van der Waals surface area contributed by atoms with E-state index >= 15 is 0 Å². The molecule has 0 aliphatic heterocycles. The summed E-state index contributed by atoms with van der Waals surface area (Å²) in [6, 6.07) is 0. The fourth-order valence-electron chi connectivity index (χ4n) is 8.49. The summed E-state index contributed by atoms with van der Waals surface area (Å²) in [5.41, 5.74) is 0. The van der Waals surface area contributed by atoms with E-state index in [4.69, 9.17) is 14.2 Å². The van der Waals surface area contributed by atoms with Gasteiger partial charge in [-0.3, -0.25) is 14.4 Å². The first kappa shape index (κ1) is 60.4. The predicted octanol–water partition coefficient (Wildman–Crippen LogP) is 18.1. The number of unbranched alkanes of at least 4 members (excludes halogenated alkanes) is 34. The highest BCUT2D eigenvalue weighted by Crippen LogP contribution is 2.18. The molecule has 0 saturated heterocycles. The third-order valence-electron chi connectivity index (χ3n) is 13.1. The molecule has 0 aliphatic carbocycles. The highest BCUT2D eigenvalue weighted by atomic mass is 16.6. The summed E-state index contributed by atoms with van der Waals surface area (Å²) in [5, 5.41) is 0. The van der Waals surface area contributed by atoms with Crippen molar-refractivity contribution in [2.24, 2.45) is 11.8 Å². The first-order valence-corrected chi connectivity index (χ1v) is 27.8. The smallest absolute Gasteiger partial charge is 0.306 e. The van der Waals surface area contributed by atoms with Crippen LogP contribution in [-0.4, -0.2) is 37.2 Å². The zero-order valence-electron chi connectivity index (χ0n) is 42.5. The summed E-state index contributed by atoms with van der Waals surface area (Å²) < 4.78 is 16.9. The molecule has 0 radical (unpaired) electrons. The molecule has 0 heterocycles. The number of rotatable bonds is 50. The van der Waals surface area contributed by atoms with Crippen LogP contribution in [0.15, 0.2) is 0 Å². The fourth-order valence-corrected chi connectivity index (χ4v) is 8.49. The highest BCUT2D eigenvalue weighted by Gasteiger charge is 2.19. The zero-order chi connectivity index (χ0) is 45.4. The van der Waals surface area contributed by atoms with Crippen molar-refractivity contribution in [3.8, 4) is 0 Å². The summed E-state index contributed by atoms with van der Waals surface area (Å²) in [6.45, 7) is 11.4. The van der Waals surface area contributed by atoms with Gasteiger partial charge in [0.1, 0.15) is 13.2 Å². The van der Waals surface area contributed by atoms with Gasteiger partial charge in [0, 0.05) is 19.3 Å². The molecule has 0 N–H and O–H groups in total. The molecule has 0 aromatic rings. The monoisotopic (exact) mass is 877 g/mol. The Bertz CT molecular complexity index is 949. The first-order valence-electron chi connectivity index (χ1n) is 27.8. The number of ether oxygens (including phenoxy) is 3.